The van der Waals surface area contributed by atoms with Crippen molar-refractivity contribution < 1.29 is 13.9 Å². The Balaban J connectivity index is 1.95. The van der Waals surface area contributed by atoms with Crippen LogP contribution in [-0.4, -0.2) is 37.6 Å². The molecular weight excluding hydrogens is 343 g/mol. The van der Waals surface area contributed by atoms with Crippen LogP contribution in [-0.2, 0) is 9.53 Å². The number of nitrogens with zero attached hydrogens (tertiary/aromatic N) is 4. The van der Waals surface area contributed by atoms with Gasteiger partial charge in [-0.25, -0.2) is 19.0 Å². The van der Waals surface area contributed by atoms with Gasteiger partial charge in [-0.15, -0.1) is 0 Å². The number of rotatable bonds is 6. The van der Waals surface area contributed by atoms with Gasteiger partial charge in [0.15, 0.2) is 5.65 Å². The molecule has 0 aliphatic carbocycles. The summed E-state index contributed by atoms with van der Waals surface area (Å²) < 4.78 is 19.8. The van der Waals surface area contributed by atoms with Gasteiger partial charge in [0.25, 0.3) is 0 Å². The molecular formula is C17H17FN4O2S. The Morgan fingerprint density at radius 2 is 2.04 bits per heavy atom. The Bertz CT molecular complexity index is 882. The number of hydrogen-bond acceptors (Lipinski definition) is 6. The van der Waals surface area contributed by atoms with Crippen LogP contribution in [0.3, 0.4) is 0 Å². The molecule has 0 bridgehead atoms. The van der Waals surface area contributed by atoms with Crippen LogP contribution in [0.15, 0.2) is 41.8 Å². The number of fused-ring (bicyclic) bond motifs is 1. The van der Waals surface area contributed by atoms with Crippen molar-refractivity contribution in [2.75, 3.05) is 6.61 Å². The monoisotopic (exact) mass is 360 g/mol. The summed E-state index contributed by atoms with van der Waals surface area (Å²) >= 11 is 1.34. The van der Waals surface area contributed by atoms with E-state index in [1.165, 1.54) is 30.2 Å². The highest BCUT2D eigenvalue weighted by molar-refractivity contribution is 8.00. The van der Waals surface area contributed by atoms with E-state index in [1.54, 1.807) is 29.9 Å². The molecule has 0 aliphatic rings. The molecule has 0 N–H and O–H groups in total. The number of ether oxygens (including phenoxy) is 1. The predicted molar refractivity (Wildman–Crippen MR) is 93.2 cm³/mol. The molecule has 8 heteroatoms. The molecule has 6 nitrogen and oxygen atoms in total. The number of benzene rings is 1. The Labute approximate surface area is 148 Å². The highest BCUT2D eigenvalue weighted by Crippen LogP contribution is 2.30. The zero-order valence-electron chi connectivity index (χ0n) is 13.8. The maximum Gasteiger partial charge on any atom is 0.319 e. The third-order valence-electron chi connectivity index (χ3n) is 3.57. The number of carbonyl (C=O) groups excluding carboxylic acids is 1. The zero-order valence-corrected chi connectivity index (χ0v) is 14.7. The molecule has 3 aromatic rings. The highest BCUT2D eigenvalue weighted by Gasteiger charge is 2.22. The normalized spacial score (nSPS) is 12.3. The van der Waals surface area contributed by atoms with Crippen LogP contribution in [0.25, 0.3) is 16.7 Å². The molecule has 0 fully saturated rings. The van der Waals surface area contributed by atoms with Gasteiger partial charge in [0.2, 0.25) is 0 Å². The van der Waals surface area contributed by atoms with Gasteiger partial charge < -0.3 is 4.74 Å². The average Bonchev–Trinajstić information content (AvgIpc) is 3.05. The van der Waals surface area contributed by atoms with Crippen molar-refractivity contribution in [3.8, 4) is 5.69 Å². The highest BCUT2D eigenvalue weighted by atomic mass is 32.2. The summed E-state index contributed by atoms with van der Waals surface area (Å²) in [4.78, 5) is 20.6. The lowest BCUT2D eigenvalue weighted by molar-refractivity contribution is -0.142. The fraction of sp³-hybridized carbons (Fsp3) is 0.294. The molecule has 0 unspecified atom stereocenters. The second kappa shape index (κ2) is 7.60. The summed E-state index contributed by atoms with van der Waals surface area (Å²) in [5, 5.41) is 5.39. The SMILES string of the molecule is CCOC(=O)[C@@H](CC)Sc1ncnc2c1cnn2-c1ccc(F)cc1. The van der Waals surface area contributed by atoms with Crippen LogP contribution in [0.4, 0.5) is 4.39 Å². The van der Waals surface area contributed by atoms with Gasteiger partial charge in [0, 0.05) is 0 Å². The molecule has 0 aliphatic heterocycles. The quantitative estimate of drug-likeness (QED) is 0.381. The third-order valence-corrected chi connectivity index (χ3v) is 4.93. The van der Waals surface area contributed by atoms with E-state index in [9.17, 15) is 9.18 Å². The first-order valence-corrected chi connectivity index (χ1v) is 8.80. The van der Waals surface area contributed by atoms with E-state index in [4.69, 9.17) is 4.74 Å². The molecule has 1 atom stereocenters. The number of aromatic nitrogens is 4. The molecule has 0 saturated heterocycles. The number of esters is 1. The summed E-state index contributed by atoms with van der Waals surface area (Å²) in [5.74, 6) is -0.570. The number of thioether (sulfide) groups is 1. The van der Waals surface area contributed by atoms with Gasteiger partial charge in [0.1, 0.15) is 22.4 Å². The van der Waals surface area contributed by atoms with Crippen molar-refractivity contribution >= 4 is 28.8 Å². The fourth-order valence-electron chi connectivity index (χ4n) is 2.36. The zero-order chi connectivity index (χ0) is 17.8. The van der Waals surface area contributed by atoms with Crippen LogP contribution in [0, 0.1) is 5.82 Å². The van der Waals surface area contributed by atoms with Crippen molar-refractivity contribution in [3.63, 3.8) is 0 Å². The van der Waals surface area contributed by atoms with Crippen molar-refractivity contribution in [3.05, 3.63) is 42.6 Å². The van der Waals surface area contributed by atoms with Gasteiger partial charge >= 0.3 is 5.97 Å². The molecule has 2 aromatic heterocycles. The van der Waals surface area contributed by atoms with E-state index in [1.807, 2.05) is 6.92 Å². The van der Waals surface area contributed by atoms with Crippen LogP contribution in [0.5, 0.6) is 0 Å². The second-order valence-corrected chi connectivity index (χ2v) is 6.41. The van der Waals surface area contributed by atoms with Gasteiger partial charge in [-0.2, -0.15) is 5.10 Å². The van der Waals surface area contributed by atoms with E-state index in [0.29, 0.717) is 29.4 Å². The first-order valence-electron chi connectivity index (χ1n) is 7.92. The van der Waals surface area contributed by atoms with Crippen LogP contribution >= 0.6 is 11.8 Å². The first kappa shape index (κ1) is 17.3. The largest absolute Gasteiger partial charge is 0.465 e. The van der Waals surface area contributed by atoms with Crippen molar-refractivity contribution in [1.29, 1.82) is 0 Å². The second-order valence-electron chi connectivity index (χ2n) is 5.22. The molecule has 2 heterocycles. The summed E-state index contributed by atoms with van der Waals surface area (Å²) in [6.45, 7) is 4.05. The maximum atomic E-state index is 13.1. The van der Waals surface area contributed by atoms with Gasteiger partial charge in [-0.1, -0.05) is 18.7 Å². The van der Waals surface area contributed by atoms with E-state index in [2.05, 4.69) is 15.1 Å². The summed E-state index contributed by atoms with van der Waals surface area (Å²) in [6, 6.07) is 6.00. The molecule has 1 aromatic carbocycles. The summed E-state index contributed by atoms with van der Waals surface area (Å²) in [6.07, 6.45) is 3.71. The topological polar surface area (TPSA) is 69.9 Å². The Morgan fingerprint density at radius 3 is 2.72 bits per heavy atom. The third kappa shape index (κ3) is 3.63. The number of hydrogen-bond donors (Lipinski definition) is 0. The van der Waals surface area contributed by atoms with E-state index >= 15 is 0 Å². The molecule has 0 saturated carbocycles. The minimum absolute atomic E-state index is 0.257. The van der Waals surface area contributed by atoms with Crippen molar-refractivity contribution in [2.45, 2.75) is 30.5 Å². The maximum absolute atomic E-state index is 13.1. The summed E-state index contributed by atoms with van der Waals surface area (Å²) in [7, 11) is 0. The molecule has 0 spiro atoms. The minimum Gasteiger partial charge on any atom is -0.465 e. The fourth-order valence-corrected chi connectivity index (χ4v) is 3.34. The Hall–Kier alpha value is -2.48. The Kier molecular flexibility index (Phi) is 5.28. The first-order chi connectivity index (χ1) is 12.1. The predicted octanol–water partition coefficient (Wildman–Crippen LogP) is 3.39. The molecule has 0 radical (unpaired) electrons. The lowest BCUT2D eigenvalue weighted by atomic mass is 10.3. The molecule has 130 valence electrons. The lowest BCUT2D eigenvalue weighted by Gasteiger charge is -2.12. The Morgan fingerprint density at radius 1 is 1.28 bits per heavy atom. The average molecular weight is 360 g/mol. The van der Waals surface area contributed by atoms with Gasteiger partial charge in [-0.3, -0.25) is 4.79 Å². The number of halogens is 1. The van der Waals surface area contributed by atoms with Crippen LogP contribution in [0.1, 0.15) is 20.3 Å². The van der Waals surface area contributed by atoms with Crippen molar-refractivity contribution in [1.82, 2.24) is 19.7 Å². The van der Waals surface area contributed by atoms with Crippen LogP contribution in [0.2, 0.25) is 0 Å². The number of carbonyl (C=O) groups is 1. The van der Waals surface area contributed by atoms with E-state index in [0.717, 1.165) is 5.39 Å². The standard InChI is InChI=1S/C17H17FN4O2S/c1-3-14(17(23)24-4-2)25-16-13-9-21-22(15(13)19-10-20-16)12-7-5-11(18)6-8-12/h5-10,14H,3-4H2,1-2H3/t14-/m1/s1. The smallest absolute Gasteiger partial charge is 0.319 e. The molecule has 3 rings (SSSR count). The van der Waals surface area contributed by atoms with Gasteiger partial charge in [0.05, 0.1) is 23.9 Å². The summed E-state index contributed by atoms with van der Waals surface area (Å²) in [5.41, 5.74) is 1.30. The van der Waals surface area contributed by atoms with E-state index in [-0.39, 0.29) is 17.0 Å². The lowest BCUT2D eigenvalue weighted by Crippen LogP contribution is -2.19. The van der Waals surface area contributed by atoms with Crippen molar-refractivity contribution in [2.24, 2.45) is 0 Å². The van der Waals surface area contributed by atoms with Crippen LogP contribution < -0.4 is 0 Å². The molecule has 25 heavy (non-hydrogen) atoms. The minimum atomic E-state index is -0.341. The van der Waals surface area contributed by atoms with Gasteiger partial charge in [-0.05, 0) is 37.6 Å². The van der Waals surface area contributed by atoms with E-state index < -0.39 is 0 Å². The molecule has 0 amide bonds.